The van der Waals surface area contributed by atoms with Crippen LogP contribution in [0.25, 0.3) is 0 Å². The first-order valence-electron chi connectivity index (χ1n) is 39.0. The Morgan fingerprint density at radius 3 is 0.338 bits per heavy atom. The number of hydrogen-bond donors (Lipinski definition) is 0. The first kappa shape index (κ1) is 134. The maximum Gasteiger partial charge on any atom is 0.460 e. The van der Waals surface area contributed by atoms with Gasteiger partial charge in [-0.05, 0) is 73.6 Å². The van der Waals surface area contributed by atoms with Gasteiger partial charge < -0.3 is 0 Å². The van der Waals surface area contributed by atoms with Crippen LogP contribution >= 0.6 is 15.8 Å². The molecule has 0 radical (unpaired) electrons. The summed E-state index contributed by atoms with van der Waals surface area (Å²) < 4.78 is 969. The van der Waals surface area contributed by atoms with Crippen LogP contribution in [0.5, 0.6) is 0 Å². The minimum atomic E-state index is -9.11. The van der Waals surface area contributed by atoms with E-state index in [1.165, 1.54) is 0 Å². The summed E-state index contributed by atoms with van der Waals surface area (Å²) in [4.78, 5) is 0. The van der Waals surface area contributed by atoms with Crippen LogP contribution in [0.3, 0.4) is 0 Å². The predicted octanol–water partition coefficient (Wildman–Crippen LogP) is 30.5. The van der Waals surface area contributed by atoms with Gasteiger partial charge in [-0.1, -0.05) is 170 Å². The van der Waals surface area contributed by atoms with Gasteiger partial charge in [0.25, 0.3) is 0 Å². The van der Waals surface area contributed by atoms with E-state index in [2.05, 4.69) is 0 Å². The van der Waals surface area contributed by atoms with Crippen molar-refractivity contribution in [2.45, 2.75) is 293 Å². The molecule has 0 aliphatic heterocycles. The van der Waals surface area contributed by atoms with E-state index in [4.69, 9.17) is 0 Å². The molecule has 4 aromatic rings. The quantitative estimate of drug-likeness (QED) is 0.0235. The Labute approximate surface area is 789 Å². The Morgan fingerprint density at radius 1 is 0.142 bits per heavy atom. The van der Waals surface area contributed by atoms with Gasteiger partial charge in [0.15, 0.2) is 0 Å². The molecule has 0 fully saturated rings. The van der Waals surface area contributed by atoms with Gasteiger partial charge in [0.2, 0.25) is 0 Å². The van der Waals surface area contributed by atoms with E-state index in [1.54, 1.807) is 0 Å². The summed E-state index contributed by atoms with van der Waals surface area (Å²) in [7, 11) is -23.5. The summed E-state index contributed by atoms with van der Waals surface area (Å²) in [6, 6.07) is 4.09. The summed E-state index contributed by atoms with van der Waals surface area (Å²) in [5.41, 5.74) is 0. The maximum atomic E-state index is 15.5. The monoisotopic (exact) mass is 2410 g/mol. The van der Waals surface area contributed by atoms with Gasteiger partial charge in [0.1, 0.15) is 0 Å². The zero-order chi connectivity index (χ0) is 118. The average molecular weight is 2420 g/mol. The van der Waals surface area contributed by atoms with Crippen molar-refractivity contribution in [3.63, 3.8) is 0 Å². The topological polar surface area (TPSA) is 0 Å². The lowest BCUT2D eigenvalue weighted by Gasteiger charge is -2.43. The molecule has 0 bridgehead atoms. The molecule has 0 saturated carbocycles. The largest absolute Gasteiger partial charge is 0.460 e. The van der Waals surface area contributed by atoms with Gasteiger partial charge in [-0.2, -0.15) is 299 Å². The van der Waals surface area contributed by atoms with Crippen LogP contribution < -0.4 is 42.0 Å². The van der Waals surface area contributed by atoms with Crippen LogP contribution in [0.4, 0.5) is 299 Å². The fraction of sp³-hybridized carbons (Fsp3) is 0.676. The van der Waals surface area contributed by atoms with Crippen molar-refractivity contribution in [3.05, 3.63) is 97.1 Å². The molecule has 0 aliphatic rings. The Kier molecular flexibility index (Phi) is 35.3. The number of benzene rings is 4. The molecule has 0 amide bonds. The lowest BCUT2D eigenvalue weighted by atomic mass is 9.88. The minimum Gasteiger partial charge on any atom is -0.200 e. The molecule has 0 aliphatic carbocycles. The van der Waals surface area contributed by atoms with E-state index < -0.39 is 322 Å². The molecule has 0 atom stereocenters. The van der Waals surface area contributed by atoms with Gasteiger partial charge in [0.05, 0.1) is 32.3 Å². The molecular weight excluding hydrogens is 2350 g/mol. The molecule has 0 aromatic heterocycles. The van der Waals surface area contributed by atoms with E-state index in [9.17, 15) is 228 Å². The average Bonchev–Trinajstić information content (AvgIpc) is 0.703. The summed E-state index contributed by atoms with van der Waals surface area (Å²) in [6.07, 6.45) is -46.6. The molecule has 4 rings (SSSR count). The number of rotatable bonds is 47. The van der Waals surface area contributed by atoms with Gasteiger partial charge in [-0.3, -0.25) is 0 Å². The molecule has 148 heavy (non-hydrogen) atoms. The maximum absolute atomic E-state index is 15.5. The van der Waals surface area contributed by atoms with Crippen molar-refractivity contribution >= 4 is 90.1 Å². The summed E-state index contributed by atoms with van der Waals surface area (Å²) >= 11 is 0. The Bertz CT molecular complexity index is 4560. The van der Waals surface area contributed by atoms with E-state index in [-0.39, 0.29) is 21.2 Å². The predicted molar refractivity (Wildman–Crippen MR) is 397 cm³/mol. The molecule has 4 aromatic carbocycles. The zero-order valence-electron chi connectivity index (χ0n) is 72.9. The van der Waals surface area contributed by atoms with Crippen molar-refractivity contribution in [1.82, 2.24) is 0 Å². The van der Waals surface area contributed by atoms with Gasteiger partial charge in [-0.25, -0.2) is 0 Å². The molecule has 0 unspecified atom stereocenters. The van der Waals surface area contributed by atoms with Gasteiger partial charge >= 0.3 is 191 Å². The Balaban J connectivity index is 2.09. The van der Waals surface area contributed by atoms with Crippen molar-refractivity contribution in [2.24, 2.45) is 0 Å². The lowest BCUT2D eigenvalue weighted by molar-refractivity contribution is -0.461. The Morgan fingerprint density at radius 2 is 0.236 bits per heavy atom. The third kappa shape index (κ3) is 20.9. The Hall–Kier alpha value is -6.15. The van der Waals surface area contributed by atoms with Crippen molar-refractivity contribution in [2.75, 3.05) is 12.3 Å². The number of halogens is 68. The van der Waals surface area contributed by atoms with Crippen LogP contribution in [0.15, 0.2) is 97.1 Å². The smallest absolute Gasteiger partial charge is 0.200 e. The zero-order valence-corrected chi connectivity index (χ0v) is 78.7. The highest BCUT2D eigenvalue weighted by atomic mass is 31.1. The molecule has 0 heterocycles. The first-order chi connectivity index (χ1) is 64.2. The van der Waals surface area contributed by atoms with Crippen LogP contribution in [0.1, 0.15) is 25.7 Å². The number of hydrogen-bond acceptors (Lipinski definition) is 0. The second-order valence-corrected chi connectivity index (χ2v) is 59.7. The van der Waals surface area contributed by atoms with E-state index in [0.29, 0.717) is 101 Å². The fourth-order valence-corrected chi connectivity index (χ4v) is 27.7. The third-order valence-corrected chi connectivity index (χ3v) is 42.8. The van der Waals surface area contributed by atoms with Gasteiger partial charge in [-0.15, -0.1) is 0 Å². The van der Waals surface area contributed by atoms with Crippen LogP contribution in [-0.4, -0.2) is 235 Å². The minimum absolute atomic E-state index is 0.372. The first-order valence-corrected chi connectivity index (χ1v) is 54.9. The lowest BCUT2D eigenvalue weighted by Crippen LogP contribution is -2.74. The van der Waals surface area contributed by atoms with Crippen LogP contribution in [0.2, 0.25) is 76.6 Å². The van der Waals surface area contributed by atoms with Crippen molar-refractivity contribution in [3.8, 4) is 0 Å². The standard InChI is InChI=1S/C74H60F68P2Si4/c1-145(2,31-25-43(75,76)47(83,84)51(91,92)55(99,100)59(107,108)63(115,116)67(123,124)71(131,132)133)39-17-9-35(10-18-39)143(36-11-19-40(20-12-36)146(3,4)32-26-44(77,78)48(85,86)52(93,94)56(101,102)60(109,110)64(117,118)68(125,126)72(134,135)136)29-30-144(37-13-21-41(22-14-37)147(5,6)33-27-45(79,80)49(87,88)53(95,96)57(103,104)61(111,112)65(119,120)69(127,128)73(137,138)139)38-15-23-42(24-16-38)148(7,8)34-28-46(81,82)50(89,90)54(97,98)58(105,106)62(113,114)66(121,122)70(129,130)74(140,141)142/h9-24H,25-34H2,1-8H3. The van der Waals surface area contributed by atoms with Crippen molar-refractivity contribution < 1.29 is 299 Å². The van der Waals surface area contributed by atoms with Gasteiger partial charge in [0, 0.05) is 25.7 Å². The highest BCUT2D eigenvalue weighted by molar-refractivity contribution is 7.76. The third-order valence-electron chi connectivity index (χ3n) is 23.8. The van der Waals surface area contributed by atoms with Crippen molar-refractivity contribution in [1.29, 1.82) is 0 Å². The van der Waals surface area contributed by atoms with E-state index in [0.717, 1.165) is 48.5 Å². The van der Waals surface area contributed by atoms with E-state index >= 15 is 70.2 Å². The molecule has 0 saturated heterocycles. The molecule has 0 spiro atoms. The highest BCUT2D eigenvalue weighted by Crippen LogP contribution is 2.71. The molecular formula is C74H60F68P2Si4. The SMILES string of the molecule is C[Si](C)(CCC(F)(F)C(F)(F)C(F)(F)C(F)(F)C(F)(F)C(F)(F)C(F)(F)C(F)(F)F)c1ccc(P(CCP(c2ccc([Si](C)(C)CCC(F)(F)C(F)(F)C(F)(F)C(F)(F)C(F)(F)C(F)(F)C(F)(F)C(F)(F)F)cc2)c2ccc([Si](C)(C)CCC(F)(F)C(F)(F)C(F)(F)C(F)(F)C(F)(F)C(F)(F)C(F)(F)C(F)(F)F)cc2)c2ccc([Si](C)(C)CCC(F)(F)C(F)(F)C(F)(F)C(F)(F)C(F)(F)C(F)(F)C(F)(F)C(F)(F)F)cc2)cc1. The molecule has 0 nitrogen and oxygen atoms in total. The number of alkyl halides is 68. The summed E-state index contributed by atoms with van der Waals surface area (Å²) in [5.74, 6) is -240. The van der Waals surface area contributed by atoms with Crippen LogP contribution in [0, 0.1) is 0 Å². The van der Waals surface area contributed by atoms with Crippen LogP contribution in [-0.2, 0) is 0 Å². The molecule has 858 valence electrons. The molecule has 0 N–H and O–H groups in total. The second kappa shape index (κ2) is 39.0. The highest BCUT2D eigenvalue weighted by Gasteiger charge is 3.01. The normalized spacial score (nSPS) is 16.2. The molecule has 74 heteroatoms. The summed E-state index contributed by atoms with van der Waals surface area (Å²) in [5, 5.41) is -3.73. The summed E-state index contributed by atoms with van der Waals surface area (Å²) in [6.45, 7) is 5.57. The fourth-order valence-electron chi connectivity index (χ4n) is 13.3. The second-order valence-electron chi connectivity index (χ2n) is 35.6. The van der Waals surface area contributed by atoms with E-state index in [1.807, 2.05) is 0 Å².